The summed E-state index contributed by atoms with van der Waals surface area (Å²) in [6.07, 6.45) is 2.19. The van der Waals surface area contributed by atoms with E-state index in [0.29, 0.717) is 19.8 Å². The lowest BCUT2D eigenvalue weighted by atomic mass is 9.95. The highest BCUT2D eigenvalue weighted by molar-refractivity contribution is 7.90. The SMILES string of the molecule is CC(F)(F)[C@@H](N[C@@H](CS(=O)(=O)Cc1ccccn1)C(=O)CC1(C#N)CC1)c1ccc(F)cc1. The minimum Gasteiger partial charge on any atom is -0.298 e. The summed E-state index contributed by atoms with van der Waals surface area (Å²) in [6.45, 7) is 0.635. The van der Waals surface area contributed by atoms with Gasteiger partial charge in [-0.05, 0) is 42.7 Å². The second-order valence-electron chi connectivity index (χ2n) is 8.57. The third kappa shape index (κ3) is 6.85. The zero-order chi connectivity index (χ0) is 24.3. The molecule has 1 fully saturated rings. The molecular formula is C23H24F3N3O3S. The Balaban J connectivity index is 1.89. The number of nitrogens with one attached hydrogen (secondary N) is 1. The first-order valence-corrected chi connectivity index (χ1v) is 12.2. The topological polar surface area (TPSA) is 99.9 Å². The molecule has 0 bridgehead atoms. The molecule has 10 heteroatoms. The fourth-order valence-electron chi connectivity index (χ4n) is 3.58. The largest absolute Gasteiger partial charge is 0.298 e. The molecule has 1 N–H and O–H groups in total. The third-order valence-electron chi connectivity index (χ3n) is 5.58. The van der Waals surface area contributed by atoms with E-state index in [4.69, 9.17) is 0 Å². The average Bonchev–Trinajstić information content (AvgIpc) is 3.51. The molecule has 1 aromatic heterocycles. The van der Waals surface area contributed by atoms with Crippen LogP contribution in [0.1, 0.15) is 43.5 Å². The van der Waals surface area contributed by atoms with Crippen molar-refractivity contribution in [3.8, 4) is 6.07 Å². The normalized spacial score (nSPS) is 17.1. The number of aromatic nitrogens is 1. The van der Waals surface area contributed by atoms with Crippen LogP contribution in [0.5, 0.6) is 0 Å². The van der Waals surface area contributed by atoms with Crippen molar-refractivity contribution in [1.29, 1.82) is 5.26 Å². The highest BCUT2D eigenvalue weighted by atomic mass is 32.2. The standard InChI is InChI=1S/C23H24F3N3O3S/c1-22(25,26)21(16-5-7-17(24)8-6-16)29-19(20(30)12-23(15-27)9-10-23)14-33(31,32)13-18-4-2-3-11-28-18/h2-8,11,19,21,29H,9-10,12-14H2,1H3/t19-,21-/m0/s1. The Labute approximate surface area is 190 Å². The van der Waals surface area contributed by atoms with Crippen molar-refractivity contribution in [2.24, 2.45) is 5.41 Å². The van der Waals surface area contributed by atoms with Crippen LogP contribution in [0.15, 0.2) is 48.7 Å². The highest BCUT2D eigenvalue weighted by Gasteiger charge is 2.47. The van der Waals surface area contributed by atoms with E-state index < -0.39 is 56.4 Å². The lowest BCUT2D eigenvalue weighted by Gasteiger charge is -2.30. The fourth-order valence-corrected chi connectivity index (χ4v) is 5.11. The zero-order valence-corrected chi connectivity index (χ0v) is 18.8. The summed E-state index contributed by atoms with van der Waals surface area (Å²) >= 11 is 0. The molecule has 6 nitrogen and oxygen atoms in total. The van der Waals surface area contributed by atoms with Crippen molar-refractivity contribution >= 4 is 15.6 Å². The van der Waals surface area contributed by atoms with Gasteiger partial charge in [0.25, 0.3) is 5.92 Å². The molecule has 0 radical (unpaired) electrons. The molecule has 0 spiro atoms. The molecule has 176 valence electrons. The van der Waals surface area contributed by atoms with Crippen LogP contribution < -0.4 is 5.32 Å². The van der Waals surface area contributed by atoms with Gasteiger partial charge in [0.1, 0.15) is 5.82 Å². The Morgan fingerprint density at radius 1 is 1.24 bits per heavy atom. The lowest BCUT2D eigenvalue weighted by Crippen LogP contribution is -2.49. The number of benzene rings is 1. The molecule has 1 aliphatic carbocycles. The van der Waals surface area contributed by atoms with Crippen molar-refractivity contribution in [2.75, 3.05) is 5.75 Å². The summed E-state index contributed by atoms with van der Waals surface area (Å²) in [5.41, 5.74) is -0.609. The molecule has 0 amide bonds. The summed E-state index contributed by atoms with van der Waals surface area (Å²) in [4.78, 5) is 17.0. The van der Waals surface area contributed by atoms with Crippen LogP contribution in [-0.4, -0.2) is 36.9 Å². The number of Topliss-reactive ketones (excluding diaryl/α,β-unsaturated/α-hetero) is 1. The number of carbonyl (C=O) groups excluding carboxylic acids is 1. The summed E-state index contributed by atoms with van der Waals surface area (Å²) in [5, 5.41) is 11.8. The van der Waals surface area contributed by atoms with E-state index in [2.05, 4.69) is 16.4 Å². The van der Waals surface area contributed by atoms with Crippen molar-refractivity contribution in [2.45, 2.75) is 49.9 Å². The Hall–Kier alpha value is -2.77. The van der Waals surface area contributed by atoms with E-state index in [1.807, 2.05) is 0 Å². The monoisotopic (exact) mass is 479 g/mol. The third-order valence-corrected chi connectivity index (χ3v) is 7.16. The number of rotatable bonds is 11. The van der Waals surface area contributed by atoms with E-state index >= 15 is 0 Å². The van der Waals surface area contributed by atoms with Gasteiger partial charge in [0.05, 0.1) is 40.8 Å². The summed E-state index contributed by atoms with van der Waals surface area (Å²) in [6, 6.07) is 7.94. The maximum absolute atomic E-state index is 14.5. The number of halogens is 3. The molecule has 0 saturated heterocycles. The number of carbonyl (C=O) groups is 1. The van der Waals surface area contributed by atoms with Gasteiger partial charge in [0.2, 0.25) is 0 Å². The maximum Gasteiger partial charge on any atom is 0.264 e. The average molecular weight is 480 g/mol. The van der Waals surface area contributed by atoms with Crippen molar-refractivity contribution in [3.63, 3.8) is 0 Å². The number of nitriles is 1. The van der Waals surface area contributed by atoms with Crippen LogP contribution in [0, 0.1) is 22.6 Å². The second kappa shape index (κ2) is 9.61. The van der Waals surface area contributed by atoms with Gasteiger partial charge in [-0.25, -0.2) is 21.6 Å². The Morgan fingerprint density at radius 3 is 2.42 bits per heavy atom. The van der Waals surface area contributed by atoms with Gasteiger partial charge in [-0.15, -0.1) is 0 Å². The molecule has 1 saturated carbocycles. The predicted molar refractivity (Wildman–Crippen MR) is 115 cm³/mol. The van der Waals surface area contributed by atoms with Gasteiger partial charge in [-0.1, -0.05) is 18.2 Å². The minimum absolute atomic E-state index is 0.00485. The molecule has 0 unspecified atom stereocenters. The second-order valence-corrected chi connectivity index (χ2v) is 10.7. The zero-order valence-electron chi connectivity index (χ0n) is 18.0. The van der Waals surface area contributed by atoms with Crippen LogP contribution in [0.3, 0.4) is 0 Å². The number of hydrogen-bond acceptors (Lipinski definition) is 6. The molecule has 0 aliphatic heterocycles. The Bertz CT molecular complexity index is 1120. The molecule has 33 heavy (non-hydrogen) atoms. The van der Waals surface area contributed by atoms with Gasteiger partial charge in [0, 0.05) is 19.5 Å². The first kappa shape index (κ1) is 24.9. The van der Waals surface area contributed by atoms with E-state index in [-0.39, 0.29) is 17.7 Å². The number of alkyl halides is 2. The van der Waals surface area contributed by atoms with E-state index in [0.717, 1.165) is 24.3 Å². The fraction of sp³-hybridized carbons (Fsp3) is 0.435. The quantitative estimate of drug-likeness (QED) is 0.527. The summed E-state index contributed by atoms with van der Waals surface area (Å²) in [7, 11) is -3.93. The van der Waals surface area contributed by atoms with E-state index in [1.54, 1.807) is 12.1 Å². The summed E-state index contributed by atoms with van der Waals surface area (Å²) < 4.78 is 68.0. The Morgan fingerprint density at radius 2 is 1.91 bits per heavy atom. The number of ketones is 1. The van der Waals surface area contributed by atoms with Crippen LogP contribution >= 0.6 is 0 Å². The number of nitrogens with zero attached hydrogens (tertiary/aromatic N) is 2. The minimum atomic E-state index is -3.93. The molecule has 2 atom stereocenters. The number of pyridine rings is 1. The number of sulfone groups is 1. The number of hydrogen-bond donors (Lipinski definition) is 1. The van der Waals surface area contributed by atoms with Crippen molar-refractivity contribution in [3.05, 3.63) is 65.7 Å². The van der Waals surface area contributed by atoms with Crippen LogP contribution in [0.2, 0.25) is 0 Å². The maximum atomic E-state index is 14.5. The smallest absolute Gasteiger partial charge is 0.264 e. The molecule has 3 rings (SSSR count). The van der Waals surface area contributed by atoms with E-state index in [1.165, 1.54) is 12.3 Å². The van der Waals surface area contributed by atoms with Crippen LogP contribution in [-0.2, 0) is 20.4 Å². The van der Waals surface area contributed by atoms with Gasteiger partial charge in [0.15, 0.2) is 15.6 Å². The van der Waals surface area contributed by atoms with Crippen LogP contribution in [0.25, 0.3) is 0 Å². The lowest BCUT2D eigenvalue weighted by molar-refractivity contribution is -0.122. The van der Waals surface area contributed by atoms with Gasteiger partial charge >= 0.3 is 0 Å². The van der Waals surface area contributed by atoms with Gasteiger partial charge < -0.3 is 0 Å². The molecule has 1 aromatic carbocycles. The molecule has 1 heterocycles. The van der Waals surface area contributed by atoms with Crippen molar-refractivity contribution < 1.29 is 26.4 Å². The predicted octanol–water partition coefficient (Wildman–Crippen LogP) is 3.75. The first-order chi connectivity index (χ1) is 15.4. The summed E-state index contributed by atoms with van der Waals surface area (Å²) in [5.74, 6) is -5.85. The van der Waals surface area contributed by atoms with Gasteiger partial charge in [-0.2, -0.15) is 5.26 Å². The van der Waals surface area contributed by atoms with Gasteiger partial charge in [-0.3, -0.25) is 15.1 Å². The molecular weight excluding hydrogens is 455 g/mol. The van der Waals surface area contributed by atoms with Crippen LogP contribution in [0.4, 0.5) is 13.2 Å². The highest BCUT2D eigenvalue weighted by Crippen LogP contribution is 2.48. The first-order valence-electron chi connectivity index (χ1n) is 10.4. The van der Waals surface area contributed by atoms with E-state index in [9.17, 15) is 31.6 Å². The molecule has 2 aromatic rings. The molecule has 1 aliphatic rings. The van der Waals surface area contributed by atoms with Crippen molar-refractivity contribution in [1.82, 2.24) is 10.3 Å². The Kier molecular flexibility index (Phi) is 7.24.